The lowest BCUT2D eigenvalue weighted by Crippen LogP contribution is -2.31. The van der Waals surface area contributed by atoms with Crippen LogP contribution in [0.1, 0.15) is 37.4 Å². The van der Waals surface area contributed by atoms with Crippen molar-refractivity contribution in [1.82, 2.24) is 4.90 Å². The number of nitrogens with zero attached hydrogens (tertiary/aromatic N) is 2. The molecule has 2 aromatic carbocycles. The monoisotopic (exact) mass is 394 g/mol. The lowest BCUT2D eigenvalue weighted by Gasteiger charge is -2.27. The van der Waals surface area contributed by atoms with Crippen molar-refractivity contribution in [1.29, 1.82) is 0 Å². The van der Waals surface area contributed by atoms with Gasteiger partial charge in [-0.15, -0.1) is 0 Å². The smallest absolute Gasteiger partial charge is 0.290 e. The number of Topliss-reactive ketones (excluding diaryl/α,β-unsaturated/α-hetero) is 1. The Morgan fingerprint density at radius 3 is 2.38 bits per heavy atom. The van der Waals surface area contributed by atoms with Gasteiger partial charge in [0.1, 0.15) is 0 Å². The van der Waals surface area contributed by atoms with E-state index in [4.69, 9.17) is 0 Å². The number of carbonyl (C=O) groups is 2. The first-order valence-corrected chi connectivity index (χ1v) is 9.35. The molecule has 1 unspecified atom stereocenters. The number of aliphatic hydroxyl groups is 1. The summed E-state index contributed by atoms with van der Waals surface area (Å²) in [5.74, 6) is -1.71. The molecule has 150 valence electrons. The van der Waals surface area contributed by atoms with Crippen LogP contribution in [-0.4, -0.2) is 26.6 Å². The summed E-state index contributed by atoms with van der Waals surface area (Å²) in [6.45, 7) is 3.82. The highest BCUT2D eigenvalue weighted by Crippen LogP contribution is 2.42. The molecule has 7 heteroatoms. The van der Waals surface area contributed by atoms with E-state index in [1.54, 1.807) is 6.07 Å². The molecule has 7 nitrogen and oxygen atoms in total. The molecule has 0 aromatic heterocycles. The Morgan fingerprint density at radius 1 is 1.14 bits per heavy atom. The van der Waals surface area contributed by atoms with E-state index in [0.717, 1.165) is 5.56 Å². The van der Waals surface area contributed by atoms with Crippen molar-refractivity contribution < 1.29 is 19.6 Å². The van der Waals surface area contributed by atoms with Gasteiger partial charge < -0.3 is 10.0 Å². The van der Waals surface area contributed by atoms with Gasteiger partial charge in [-0.1, -0.05) is 56.3 Å². The average Bonchev–Trinajstić information content (AvgIpc) is 2.93. The number of aliphatic hydroxyl groups excluding tert-OH is 1. The third-order valence-corrected chi connectivity index (χ3v) is 4.82. The number of ketones is 1. The second-order valence-corrected chi connectivity index (χ2v) is 7.42. The van der Waals surface area contributed by atoms with Crippen LogP contribution in [0.4, 0.5) is 5.69 Å². The fourth-order valence-corrected chi connectivity index (χ4v) is 3.57. The van der Waals surface area contributed by atoms with Crippen LogP contribution in [0.15, 0.2) is 65.9 Å². The number of carbonyl (C=O) groups excluding carboxylic acids is 2. The van der Waals surface area contributed by atoms with Crippen LogP contribution < -0.4 is 0 Å². The van der Waals surface area contributed by atoms with Crippen LogP contribution >= 0.6 is 0 Å². The number of amides is 1. The predicted molar refractivity (Wildman–Crippen MR) is 107 cm³/mol. The number of rotatable bonds is 7. The van der Waals surface area contributed by atoms with Crippen LogP contribution in [0, 0.1) is 16.0 Å². The van der Waals surface area contributed by atoms with Crippen molar-refractivity contribution in [2.24, 2.45) is 5.92 Å². The summed E-state index contributed by atoms with van der Waals surface area (Å²) in [7, 11) is 0. The van der Waals surface area contributed by atoms with Crippen LogP contribution in [0.2, 0.25) is 0 Å². The van der Waals surface area contributed by atoms with Gasteiger partial charge in [0.15, 0.2) is 11.5 Å². The third kappa shape index (κ3) is 4.03. The summed E-state index contributed by atoms with van der Waals surface area (Å²) < 4.78 is 0. The number of nitro groups is 1. The van der Waals surface area contributed by atoms with E-state index < -0.39 is 22.6 Å². The van der Waals surface area contributed by atoms with Crippen LogP contribution in [0.25, 0.3) is 0 Å². The zero-order valence-electron chi connectivity index (χ0n) is 16.2. The maximum atomic E-state index is 12.9. The molecule has 0 aliphatic carbocycles. The normalized spacial score (nSPS) is 16.6. The summed E-state index contributed by atoms with van der Waals surface area (Å²) in [6.07, 6.45) is 0.128. The lowest BCUT2D eigenvalue weighted by molar-refractivity contribution is -0.385. The zero-order chi connectivity index (χ0) is 21.1. The fraction of sp³-hybridized carbons (Fsp3) is 0.273. The molecular weight excluding hydrogens is 372 g/mol. The standard InChI is InChI=1S/C22H22N2O5/c1-14(2)12-18(25)19-20(16-10-6-7-11-17(16)24(28)29)23(22(27)21(19)26)13-15-8-4-3-5-9-15/h3-11,14,20,26H,12-13H2,1-2H3. The molecule has 2 aromatic rings. The molecule has 0 bridgehead atoms. The highest BCUT2D eigenvalue weighted by atomic mass is 16.6. The summed E-state index contributed by atoms with van der Waals surface area (Å²) >= 11 is 0. The van der Waals surface area contributed by atoms with Crippen molar-refractivity contribution in [3.8, 4) is 0 Å². The number of hydrogen-bond acceptors (Lipinski definition) is 5. The topological polar surface area (TPSA) is 101 Å². The van der Waals surface area contributed by atoms with Gasteiger partial charge in [0.05, 0.1) is 22.1 Å². The van der Waals surface area contributed by atoms with Gasteiger partial charge in [0, 0.05) is 19.0 Å². The average molecular weight is 394 g/mol. The Balaban J connectivity index is 2.13. The van der Waals surface area contributed by atoms with Crippen LogP contribution in [0.5, 0.6) is 0 Å². The van der Waals surface area contributed by atoms with E-state index in [2.05, 4.69) is 0 Å². The van der Waals surface area contributed by atoms with E-state index in [1.165, 1.54) is 23.1 Å². The molecule has 1 N–H and O–H groups in total. The molecule has 1 aliphatic rings. The first-order chi connectivity index (χ1) is 13.8. The van der Waals surface area contributed by atoms with Gasteiger partial charge in [-0.3, -0.25) is 19.7 Å². The quantitative estimate of drug-likeness (QED) is 0.563. The summed E-state index contributed by atoms with van der Waals surface area (Å²) in [4.78, 5) is 38.2. The second kappa shape index (κ2) is 8.26. The van der Waals surface area contributed by atoms with E-state index >= 15 is 0 Å². The van der Waals surface area contributed by atoms with Gasteiger partial charge >= 0.3 is 0 Å². The van der Waals surface area contributed by atoms with Gasteiger partial charge in [-0.05, 0) is 17.5 Å². The molecule has 0 fully saturated rings. The second-order valence-electron chi connectivity index (χ2n) is 7.42. The number of benzene rings is 2. The first kappa shape index (κ1) is 20.3. The minimum Gasteiger partial charge on any atom is -0.503 e. The number of para-hydroxylation sites is 1. The maximum absolute atomic E-state index is 12.9. The first-order valence-electron chi connectivity index (χ1n) is 9.35. The van der Waals surface area contributed by atoms with Crippen molar-refractivity contribution in [3.63, 3.8) is 0 Å². The number of nitro benzene ring substituents is 1. The molecule has 0 spiro atoms. The molecule has 29 heavy (non-hydrogen) atoms. The molecule has 1 heterocycles. The van der Waals surface area contributed by atoms with Gasteiger partial charge in [-0.2, -0.15) is 0 Å². The van der Waals surface area contributed by atoms with Gasteiger partial charge in [0.25, 0.3) is 11.6 Å². The van der Waals surface area contributed by atoms with Crippen molar-refractivity contribution in [2.75, 3.05) is 0 Å². The van der Waals surface area contributed by atoms with E-state index in [9.17, 15) is 24.8 Å². The van der Waals surface area contributed by atoms with Crippen LogP contribution in [0.3, 0.4) is 0 Å². The van der Waals surface area contributed by atoms with Crippen molar-refractivity contribution in [3.05, 3.63) is 87.2 Å². The summed E-state index contributed by atoms with van der Waals surface area (Å²) in [5.41, 5.74) is 0.717. The fourth-order valence-electron chi connectivity index (χ4n) is 3.57. The summed E-state index contributed by atoms with van der Waals surface area (Å²) in [6, 6.07) is 14.1. The highest BCUT2D eigenvalue weighted by Gasteiger charge is 2.45. The maximum Gasteiger partial charge on any atom is 0.290 e. The van der Waals surface area contributed by atoms with Crippen molar-refractivity contribution in [2.45, 2.75) is 32.9 Å². The molecule has 0 saturated heterocycles. The minimum atomic E-state index is -1.02. The Kier molecular flexibility index (Phi) is 5.77. The predicted octanol–water partition coefficient (Wildman–Crippen LogP) is 4.11. The Hall–Kier alpha value is -3.48. The lowest BCUT2D eigenvalue weighted by atomic mass is 9.91. The molecule has 0 radical (unpaired) electrons. The Bertz CT molecular complexity index is 982. The van der Waals surface area contributed by atoms with E-state index in [-0.39, 0.29) is 41.5 Å². The minimum absolute atomic E-state index is 0.00693. The molecule has 1 aliphatic heterocycles. The van der Waals surface area contributed by atoms with Gasteiger partial charge in [0.2, 0.25) is 0 Å². The van der Waals surface area contributed by atoms with Crippen molar-refractivity contribution >= 4 is 17.4 Å². The molecular formula is C22H22N2O5. The zero-order valence-corrected chi connectivity index (χ0v) is 16.2. The SMILES string of the molecule is CC(C)CC(=O)C1=C(O)C(=O)N(Cc2ccccc2)C1c1ccccc1[N+](=O)[O-]. The molecule has 1 atom stereocenters. The number of hydrogen-bond donors (Lipinski definition) is 1. The van der Waals surface area contributed by atoms with Gasteiger partial charge in [-0.25, -0.2) is 0 Å². The van der Waals surface area contributed by atoms with E-state index in [1.807, 2.05) is 44.2 Å². The third-order valence-electron chi connectivity index (χ3n) is 4.82. The van der Waals surface area contributed by atoms with Crippen LogP contribution in [-0.2, 0) is 16.1 Å². The molecule has 0 saturated carbocycles. The molecule has 3 rings (SSSR count). The molecule has 1 amide bonds. The highest BCUT2D eigenvalue weighted by molar-refractivity contribution is 6.09. The Morgan fingerprint density at radius 2 is 1.76 bits per heavy atom. The largest absolute Gasteiger partial charge is 0.503 e. The van der Waals surface area contributed by atoms with E-state index in [0.29, 0.717) is 0 Å². The summed E-state index contributed by atoms with van der Waals surface area (Å²) in [5, 5.41) is 22.1. The Labute approximate surface area is 168 Å².